The molecule has 0 unspecified atom stereocenters. The van der Waals surface area contributed by atoms with Crippen LogP contribution < -0.4 is 0 Å². The minimum absolute atomic E-state index is 0.118. The summed E-state index contributed by atoms with van der Waals surface area (Å²) in [5.41, 5.74) is 0.446. The number of ether oxygens (including phenoxy) is 1. The number of alkyl halides is 3. The van der Waals surface area contributed by atoms with E-state index in [0.717, 1.165) is 4.57 Å². The summed E-state index contributed by atoms with van der Waals surface area (Å²) in [5, 5.41) is 0. The second-order valence-corrected chi connectivity index (χ2v) is 3.81. The van der Waals surface area contributed by atoms with Gasteiger partial charge in [-0.15, -0.1) is 0 Å². The molecule has 0 aliphatic rings. The molecule has 0 aliphatic carbocycles. The minimum atomic E-state index is -4.62. The van der Waals surface area contributed by atoms with Gasteiger partial charge in [-0.3, -0.25) is 4.79 Å². The van der Waals surface area contributed by atoms with Crippen molar-refractivity contribution in [2.45, 2.75) is 19.6 Å². The Balaban J connectivity index is 2.52. The summed E-state index contributed by atoms with van der Waals surface area (Å²) in [5.74, 6) is -1.82. The predicted molar refractivity (Wildman–Crippen MR) is 61.4 cm³/mol. The molecule has 2 rings (SSSR count). The first-order chi connectivity index (χ1) is 8.93. The van der Waals surface area contributed by atoms with Crippen molar-refractivity contribution in [3.8, 4) is 0 Å². The van der Waals surface area contributed by atoms with Crippen molar-refractivity contribution in [1.82, 2.24) is 9.55 Å². The van der Waals surface area contributed by atoms with Gasteiger partial charge in [0, 0.05) is 0 Å². The lowest BCUT2D eigenvalue weighted by Crippen LogP contribution is -2.20. The first kappa shape index (κ1) is 13.4. The maximum Gasteiger partial charge on any atom is 0.449 e. The zero-order valence-corrected chi connectivity index (χ0v) is 10.1. The van der Waals surface area contributed by atoms with E-state index in [0.29, 0.717) is 0 Å². The lowest BCUT2D eigenvalue weighted by atomic mass is 10.3. The number of esters is 1. The number of benzene rings is 1. The van der Waals surface area contributed by atoms with Gasteiger partial charge < -0.3 is 9.30 Å². The van der Waals surface area contributed by atoms with E-state index in [1.165, 1.54) is 12.1 Å². The molecular formula is C12H11F3N2O2. The van der Waals surface area contributed by atoms with Crippen LogP contribution in [0.25, 0.3) is 11.0 Å². The summed E-state index contributed by atoms with van der Waals surface area (Å²) in [6.07, 6.45) is -4.62. The standard InChI is InChI=1S/C12H11F3N2O2/c1-2-19-10(18)7-17-9-6-4-3-5-8(9)16-11(17)12(13,14)15/h3-6H,2,7H2,1H3. The lowest BCUT2D eigenvalue weighted by Gasteiger charge is -2.10. The van der Waals surface area contributed by atoms with Crippen LogP contribution in [0.3, 0.4) is 0 Å². The van der Waals surface area contributed by atoms with Crippen molar-refractivity contribution in [2.24, 2.45) is 0 Å². The van der Waals surface area contributed by atoms with Gasteiger partial charge in [0.2, 0.25) is 5.82 Å². The molecule has 7 heteroatoms. The SMILES string of the molecule is CCOC(=O)Cn1c(C(F)(F)F)nc2ccccc21. The van der Waals surface area contributed by atoms with Gasteiger partial charge in [-0.2, -0.15) is 13.2 Å². The van der Waals surface area contributed by atoms with E-state index >= 15 is 0 Å². The van der Waals surface area contributed by atoms with Crippen LogP contribution in [0.2, 0.25) is 0 Å². The Morgan fingerprint density at radius 3 is 2.68 bits per heavy atom. The highest BCUT2D eigenvalue weighted by Gasteiger charge is 2.38. The molecule has 0 radical (unpaired) electrons. The third-order valence-electron chi connectivity index (χ3n) is 2.50. The number of carbonyl (C=O) groups excluding carboxylic acids is 1. The molecule has 1 aromatic heterocycles. The third kappa shape index (κ3) is 2.69. The Kier molecular flexibility index (Phi) is 3.46. The van der Waals surface area contributed by atoms with Crippen molar-refractivity contribution in [1.29, 1.82) is 0 Å². The van der Waals surface area contributed by atoms with Gasteiger partial charge in [-0.1, -0.05) is 12.1 Å². The predicted octanol–water partition coefficient (Wildman–Crippen LogP) is 2.62. The molecule has 0 aliphatic heterocycles. The molecule has 0 saturated heterocycles. The highest BCUT2D eigenvalue weighted by atomic mass is 19.4. The number of hydrogen-bond acceptors (Lipinski definition) is 3. The van der Waals surface area contributed by atoms with Gasteiger partial charge in [0.25, 0.3) is 0 Å². The fourth-order valence-electron chi connectivity index (χ4n) is 1.79. The monoisotopic (exact) mass is 272 g/mol. The highest BCUT2D eigenvalue weighted by Crippen LogP contribution is 2.31. The molecule has 1 aromatic carbocycles. The highest BCUT2D eigenvalue weighted by molar-refractivity contribution is 5.79. The molecule has 0 N–H and O–H groups in total. The minimum Gasteiger partial charge on any atom is -0.465 e. The Hall–Kier alpha value is -2.05. The number of fused-ring (bicyclic) bond motifs is 1. The first-order valence-corrected chi connectivity index (χ1v) is 5.61. The fraction of sp³-hybridized carbons (Fsp3) is 0.333. The summed E-state index contributed by atoms with van der Waals surface area (Å²) < 4.78 is 44.2. The van der Waals surface area contributed by atoms with Gasteiger partial charge in [-0.05, 0) is 19.1 Å². The zero-order chi connectivity index (χ0) is 14.0. The molecule has 0 saturated carbocycles. The van der Waals surface area contributed by atoms with Crippen molar-refractivity contribution in [3.05, 3.63) is 30.1 Å². The van der Waals surface area contributed by atoms with Crippen LogP contribution in [0.4, 0.5) is 13.2 Å². The second-order valence-electron chi connectivity index (χ2n) is 3.81. The van der Waals surface area contributed by atoms with E-state index in [-0.39, 0.29) is 17.6 Å². The maximum absolute atomic E-state index is 12.9. The number of carbonyl (C=O) groups is 1. The van der Waals surface area contributed by atoms with Gasteiger partial charge in [-0.25, -0.2) is 4.98 Å². The van der Waals surface area contributed by atoms with Crippen LogP contribution in [0.1, 0.15) is 12.7 Å². The number of rotatable bonds is 3. The van der Waals surface area contributed by atoms with Crippen LogP contribution >= 0.6 is 0 Å². The Bertz CT molecular complexity index is 605. The number of hydrogen-bond donors (Lipinski definition) is 0. The summed E-state index contributed by atoms with van der Waals surface area (Å²) in [6.45, 7) is 1.20. The summed E-state index contributed by atoms with van der Waals surface area (Å²) >= 11 is 0. The number of halogens is 3. The molecule has 2 aromatic rings. The van der Waals surface area contributed by atoms with Crippen LogP contribution in [0.15, 0.2) is 24.3 Å². The van der Waals surface area contributed by atoms with Crippen LogP contribution in [0.5, 0.6) is 0 Å². The zero-order valence-electron chi connectivity index (χ0n) is 10.1. The van der Waals surface area contributed by atoms with E-state index in [1.807, 2.05) is 0 Å². The maximum atomic E-state index is 12.9. The molecule has 0 amide bonds. The molecule has 0 spiro atoms. The van der Waals surface area contributed by atoms with Crippen molar-refractivity contribution in [3.63, 3.8) is 0 Å². The van der Waals surface area contributed by atoms with E-state index in [1.54, 1.807) is 19.1 Å². The molecule has 1 heterocycles. The van der Waals surface area contributed by atoms with Gasteiger partial charge in [0.1, 0.15) is 6.54 Å². The van der Waals surface area contributed by atoms with Crippen molar-refractivity contribution < 1.29 is 22.7 Å². The normalized spacial score (nSPS) is 11.8. The molecule has 0 fully saturated rings. The largest absolute Gasteiger partial charge is 0.465 e. The summed E-state index contributed by atoms with van der Waals surface area (Å²) in [4.78, 5) is 14.9. The Morgan fingerprint density at radius 2 is 2.05 bits per heavy atom. The molecule has 19 heavy (non-hydrogen) atoms. The van der Waals surface area contributed by atoms with E-state index in [9.17, 15) is 18.0 Å². The molecule has 0 bridgehead atoms. The summed E-state index contributed by atoms with van der Waals surface area (Å²) in [6, 6.07) is 6.12. The fourth-order valence-corrected chi connectivity index (χ4v) is 1.79. The molecule has 0 atom stereocenters. The van der Waals surface area contributed by atoms with Crippen molar-refractivity contribution in [2.75, 3.05) is 6.61 Å². The number of nitrogens with zero attached hydrogens (tertiary/aromatic N) is 2. The summed E-state index contributed by atoms with van der Waals surface area (Å²) in [7, 11) is 0. The second kappa shape index (κ2) is 4.91. The number of para-hydroxylation sites is 2. The van der Waals surface area contributed by atoms with E-state index in [2.05, 4.69) is 9.72 Å². The van der Waals surface area contributed by atoms with Gasteiger partial charge in [0.05, 0.1) is 17.6 Å². The third-order valence-corrected chi connectivity index (χ3v) is 2.50. The topological polar surface area (TPSA) is 44.1 Å². The van der Waals surface area contributed by atoms with Gasteiger partial charge in [0.15, 0.2) is 0 Å². The molecule has 4 nitrogen and oxygen atoms in total. The number of aromatic nitrogens is 2. The average molecular weight is 272 g/mol. The van der Waals surface area contributed by atoms with Crippen LogP contribution in [-0.4, -0.2) is 22.1 Å². The average Bonchev–Trinajstić information content (AvgIpc) is 2.69. The number of imidazole rings is 1. The first-order valence-electron chi connectivity index (χ1n) is 5.61. The van der Waals surface area contributed by atoms with Crippen molar-refractivity contribution >= 4 is 17.0 Å². The van der Waals surface area contributed by atoms with Gasteiger partial charge >= 0.3 is 12.1 Å². The quantitative estimate of drug-likeness (QED) is 0.807. The van der Waals surface area contributed by atoms with Crippen LogP contribution in [-0.2, 0) is 22.3 Å². The smallest absolute Gasteiger partial charge is 0.449 e. The molecular weight excluding hydrogens is 261 g/mol. The Morgan fingerprint density at radius 1 is 1.37 bits per heavy atom. The molecule has 102 valence electrons. The van der Waals surface area contributed by atoms with E-state index in [4.69, 9.17) is 0 Å². The lowest BCUT2D eigenvalue weighted by molar-refractivity contribution is -0.150. The Labute approximate surface area is 106 Å². The van der Waals surface area contributed by atoms with Crippen LogP contribution in [0, 0.1) is 0 Å². The van der Waals surface area contributed by atoms with E-state index < -0.39 is 24.5 Å².